The Morgan fingerprint density at radius 3 is 2.67 bits per heavy atom. The number of hydrogen-bond donors (Lipinski definition) is 2. The average Bonchev–Trinajstić information content (AvgIpc) is 2.15. The summed E-state index contributed by atoms with van der Waals surface area (Å²) in [4.78, 5) is 11.0. The molecule has 15 heavy (non-hydrogen) atoms. The Bertz CT molecular complexity index is 527. The van der Waals surface area contributed by atoms with Crippen molar-refractivity contribution in [3.8, 4) is 0 Å². The fourth-order valence-corrected chi connectivity index (χ4v) is 2.08. The Hall–Kier alpha value is -1.27. The van der Waals surface area contributed by atoms with E-state index in [1.54, 1.807) is 0 Å². The van der Waals surface area contributed by atoms with Crippen molar-refractivity contribution in [3.63, 3.8) is 0 Å². The summed E-state index contributed by atoms with van der Waals surface area (Å²) in [5.74, 6) is -0.163. The van der Waals surface area contributed by atoms with Crippen molar-refractivity contribution in [1.82, 2.24) is 0 Å². The lowest BCUT2D eigenvalue weighted by Crippen LogP contribution is -2.27. The Morgan fingerprint density at radius 1 is 1.27 bits per heavy atom. The summed E-state index contributed by atoms with van der Waals surface area (Å²) in [7, 11) is 1.46. The van der Waals surface area contributed by atoms with Gasteiger partial charge < -0.3 is 10.6 Å². The number of fused-ring (bicyclic) bond motifs is 1. The Balaban J connectivity index is 2.48. The summed E-state index contributed by atoms with van der Waals surface area (Å²) < 4.78 is 22.1. The molecule has 1 aliphatic rings. The van der Waals surface area contributed by atoms with Gasteiger partial charge in [-0.2, -0.15) is 0 Å². The second-order valence-electron chi connectivity index (χ2n) is 3.05. The molecule has 0 aliphatic carbocycles. The van der Waals surface area contributed by atoms with E-state index in [1.807, 2.05) is 0 Å². The molecule has 80 valence electrons. The second-order valence-corrected chi connectivity index (χ2v) is 5.61. The van der Waals surface area contributed by atoms with Crippen LogP contribution in [0.4, 0.5) is 11.4 Å². The van der Waals surface area contributed by atoms with Crippen molar-refractivity contribution in [2.24, 2.45) is 0 Å². The maximum absolute atomic E-state index is 11.0. The topological polar surface area (TPSA) is 75.3 Å². The number of benzene rings is 1. The molecule has 7 heteroatoms. The maximum atomic E-state index is 11.0. The van der Waals surface area contributed by atoms with Gasteiger partial charge in [-0.25, -0.2) is 8.42 Å². The first-order chi connectivity index (χ1) is 6.97. The van der Waals surface area contributed by atoms with E-state index in [0.717, 1.165) is 0 Å². The molecule has 1 amide bonds. The third-order valence-corrected chi connectivity index (χ3v) is 3.34. The van der Waals surface area contributed by atoms with Crippen LogP contribution in [0.3, 0.4) is 0 Å². The summed E-state index contributed by atoms with van der Waals surface area (Å²) in [6.07, 6.45) is 0. The van der Waals surface area contributed by atoms with Gasteiger partial charge in [0.2, 0.25) is 5.91 Å². The minimum absolute atomic E-state index is 0.00608. The van der Waals surface area contributed by atoms with E-state index in [9.17, 15) is 13.2 Å². The molecule has 1 aliphatic heterocycles. The van der Waals surface area contributed by atoms with Gasteiger partial charge in [-0.3, -0.25) is 4.79 Å². The van der Waals surface area contributed by atoms with E-state index in [-0.39, 0.29) is 17.3 Å². The van der Waals surface area contributed by atoms with Crippen LogP contribution >= 0.6 is 10.7 Å². The lowest BCUT2D eigenvalue weighted by molar-refractivity contribution is -0.114. The van der Waals surface area contributed by atoms with E-state index in [2.05, 4.69) is 10.6 Å². The predicted octanol–water partition coefficient (Wildman–Crippen LogP) is 0.978. The van der Waals surface area contributed by atoms with Crippen LogP contribution in [0.5, 0.6) is 0 Å². The van der Waals surface area contributed by atoms with Gasteiger partial charge >= 0.3 is 0 Å². The fraction of sp³-hybridized carbons (Fsp3) is 0.125. The van der Waals surface area contributed by atoms with E-state index >= 15 is 0 Å². The average molecular weight is 247 g/mol. The highest BCUT2D eigenvalue weighted by molar-refractivity contribution is 8.13. The Labute approximate surface area is 90.8 Å². The summed E-state index contributed by atoms with van der Waals surface area (Å²) >= 11 is 0. The predicted molar refractivity (Wildman–Crippen MR) is 56.6 cm³/mol. The van der Waals surface area contributed by atoms with Crippen LogP contribution in [-0.2, 0) is 13.8 Å². The van der Waals surface area contributed by atoms with Crippen molar-refractivity contribution < 1.29 is 13.2 Å². The van der Waals surface area contributed by atoms with Crippen molar-refractivity contribution in [2.75, 3.05) is 17.2 Å². The zero-order chi connectivity index (χ0) is 11.1. The molecular weight excluding hydrogens is 240 g/mol. The molecule has 0 bridgehead atoms. The van der Waals surface area contributed by atoms with Crippen molar-refractivity contribution >= 4 is 37.0 Å². The van der Waals surface area contributed by atoms with E-state index in [1.165, 1.54) is 18.2 Å². The number of halogens is 1. The van der Waals surface area contributed by atoms with Crippen molar-refractivity contribution in [3.05, 3.63) is 18.2 Å². The molecule has 0 fully saturated rings. The van der Waals surface area contributed by atoms with E-state index in [0.29, 0.717) is 11.4 Å². The molecule has 2 rings (SSSR count). The van der Waals surface area contributed by atoms with Crippen molar-refractivity contribution in [2.45, 2.75) is 4.90 Å². The van der Waals surface area contributed by atoms with Gasteiger partial charge in [-0.1, -0.05) is 0 Å². The number of carbonyl (C=O) groups is 1. The van der Waals surface area contributed by atoms with Crippen LogP contribution in [0, 0.1) is 0 Å². The van der Waals surface area contributed by atoms with Crippen LogP contribution in [0.1, 0.15) is 0 Å². The van der Waals surface area contributed by atoms with Gasteiger partial charge in [-0.15, -0.1) is 0 Å². The number of rotatable bonds is 1. The summed E-state index contributed by atoms with van der Waals surface area (Å²) in [6, 6.07) is 4.22. The standard InChI is InChI=1S/C8H7ClN2O3S/c9-15(13,14)5-1-2-6-7(3-5)10-4-8(12)11-6/h1-3,10H,4H2,(H,11,12). The van der Waals surface area contributed by atoms with Gasteiger partial charge in [-0.05, 0) is 18.2 Å². The van der Waals surface area contributed by atoms with Crippen LogP contribution in [0.15, 0.2) is 23.1 Å². The molecule has 5 nitrogen and oxygen atoms in total. The molecule has 0 radical (unpaired) electrons. The monoisotopic (exact) mass is 246 g/mol. The van der Waals surface area contributed by atoms with E-state index in [4.69, 9.17) is 10.7 Å². The number of hydrogen-bond acceptors (Lipinski definition) is 4. The van der Waals surface area contributed by atoms with Gasteiger partial charge in [0.25, 0.3) is 9.05 Å². The zero-order valence-corrected chi connectivity index (χ0v) is 9.02. The lowest BCUT2D eigenvalue weighted by Gasteiger charge is -2.18. The lowest BCUT2D eigenvalue weighted by atomic mass is 10.2. The second kappa shape index (κ2) is 3.39. The number of anilines is 2. The normalized spacial score (nSPS) is 15.1. The molecule has 0 aromatic heterocycles. The molecule has 2 N–H and O–H groups in total. The fourth-order valence-electron chi connectivity index (χ4n) is 1.30. The van der Waals surface area contributed by atoms with Gasteiger partial charge in [0.15, 0.2) is 0 Å². The first kappa shape index (κ1) is 10.3. The molecule has 0 saturated carbocycles. The minimum Gasteiger partial charge on any atom is -0.374 e. The van der Waals surface area contributed by atoms with Gasteiger partial charge in [0.1, 0.15) is 0 Å². The first-order valence-corrected chi connectivity index (χ1v) is 6.40. The number of carbonyl (C=O) groups excluding carboxylic acids is 1. The van der Waals surface area contributed by atoms with Crippen LogP contribution in [0.2, 0.25) is 0 Å². The number of nitrogens with one attached hydrogen (secondary N) is 2. The number of amides is 1. The summed E-state index contributed by atoms with van der Waals surface area (Å²) in [6.45, 7) is 0.124. The molecule has 1 aromatic rings. The van der Waals surface area contributed by atoms with Crippen LogP contribution < -0.4 is 10.6 Å². The van der Waals surface area contributed by atoms with Gasteiger partial charge in [0, 0.05) is 10.7 Å². The highest BCUT2D eigenvalue weighted by Crippen LogP contribution is 2.28. The largest absolute Gasteiger partial charge is 0.374 e. The summed E-state index contributed by atoms with van der Waals surface area (Å²) in [5, 5.41) is 5.39. The highest BCUT2D eigenvalue weighted by atomic mass is 35.7. The Kier molecular flexibility index (Phi) is 2.32. The SMILES string of the molecule is O=C1CNc2cc(S(=O)(=O)Cl)ccc2N1. The van der Waals surface area contributed by atoms with Crippen LogP contribution in [-0.4, -0.2) is 20.9 Å². The summed E-state index contributed by atoms with van der Waals surface area (Å²) in [5.41, 5.74) is 1.10. The molecule has 0 unspecified atom stereocenters. The third-order valence-electron chi connectivity index (χ3n) is 1.99. The highest BCUT2D eigenvalue weighted by Gasteiger charge is 2.17. The quantitative estimate of drug-likeness (QED) is 0.725. The molecule has 1 heterocycles. The van der Waals surface area contributed by atoms with Gasteiger partial charge in [0.05, 0.1) is 22.8 Å². The smallest absolute Gasteiger partial charge is 0.261 e. The molecule has 0 atom stereocenters. The van der Waals surface area contributed by atoms with E-state index < -0.39 is 9.05 Å². The Morgan fingerprint density at radius 2 is 2.00 bits per heavy atom. The molecule has 1 aromatic carbocycles. The van der Waals surface area contributed by atoms with Crippen molar-refractivity contribution in [1.29, 1.82) is 0 Å². The first-order valence-electron chi connectivity index (χ1n) is 4.09. The van der Waals surface area contributed by atoms with Crippen LogP contribution in [0.25, 0.3) is 0 Å². The zero-order valence-electron chi connectivity index (χ0n) is 7.45. The minimum atomic E-state index is -3.73. The maximum Gasteiger partial charge on any atom is 0.261 e. The molecule has 0 spiro atoms. The molecular formula is C8H7ClN2O3S. The third kappa shape index (κ3) is 2.05. The molecule has 0 saturated heterocycles.